The Balaban J connectivity index is 4.12. The van der Waals surface area contributed by atoms with Gasteiger partial charge in [0.25, 0.3) is 0 Å². The average molecular weight is 257 g/mol. The maximum absolute atomic E-state index is 10.9. The zero-order chi connectivity index (χ0) is 14.0. The van der Waals surface area contributed by atoms with Crippen LogP contribution >= 0.6 is 0 Å². The molecule has 1 N–H and O–H groups in total. The monoisotopic (exact) mass is 257 g/mol. The zero-order valence-electron chi connectivity index (χ0n) is 11.2. The highest BCUT2D eigenvalue weighted by Crippen LogP contribution is 2.15. The van der Waals surface area contributed by atoms with Crippen molar-refractivity contribution in [2.75, 3.05) is 0 Å². The van der Waals surface area contributed by atoms with Crippen molar-refractivity contribution < 1.29 is 14.8 Å². The van der Waals surface area contributed by atoms with Crippen LogP contribution in [0.4, 0.5) is 0 Å². The van der Waals surface area contributed by atoms with E-state index in [1.54, 1.807) is 6.92 Å². The molecule has 0 aromatic rings. The maximum atomic E-state index is 10.9. The van der Waals surface area contributed by atoms with Gasteiger partial charge >= 0.3 is 5.97 Å². The van der Waals surface area contributed by atoms with Gasteiger partial charge in [-0.2, -0.15) is 0 Å². The highest BCUT2D eigenvalue weighted by atomic mass is 16.6. The van der Waals surface area contributed by atoms with E-state index in [9.17, 15) is 14.9 Å². The quantitative estimate of drug-likeness (QED) is 0.282. The van der Waals surface area contributed by atoms with Gasteiger partial charge in [0.15, 0.2) is 0 Å². The summed E-state index contributed by atoms with van der Waals surface area (Å²) in [4.78, 5) is 21.0. The molecule has 18 heavy (non-hydrogen) atoms. The minimum absolute atomic E-state index is 0.157. The molecule has 104 valence electrons. The normalized spacial score (nSPS) is 14.6. The van der Waals surface area contributed by atoms with Crippen LogP contribution in [0.2, 0.25) is 0 Å². The number of rotatable bonds is 10. The van der Waals surface area contributed by atoms with Crippen molar-refractivity contribution in [3.8, 4) is 0 Å². The van der Waals surface area contributed by atoms with Gasteiger partial charge in [0.2, 0.25) is 6.04 Å². The van der Waals surface area contributed by atoms with E-state index in [-0.39, 0.29) is 11.3 Å². The molecule has 0 radical (unpaired) electrons. The van der Waals surface area contributed by atoms with Crippen LogP contribution in [0.5, 0.6) is 0 Å². The first-order chi connectivity index (χ1) is 8.49. The van der Waals surface area contributed by atoms with E-state index in [1.165, 1.54) is 6.42 Å². The lowest BCUT2D eigenvalue weighted by Crippen LogP contribution is -2.28. The molecule has 0 amide bonds. The molecule has 0 spiro atoms. The minimum Gasteiger partial charge on any atom is -0.481 e. The molecule has 0 rings (SSSR count). The zero-order valence-corrected chi connectivity index (χ0v) is 11.2. The van der Waals surface area contributed by atoms with E-state index < -0.39 is 17.9 Å². The SMILES string of the molecule is CCCCC/C=C\CC(C(C)CC(=O)O)[N+](=O)[O-]. The summed E-state index contributed by atoms with van der Waals surface area (Å²) < 4.78 is 0. The molecule has 2 atom stereocenters. The standard InChI is InChI=1S/C13H23NO4/c1-3-4-5-6-7-8-9-12(14(17)18)11(2)10-13(15)16/h7-8,11-12H,3-6,9-10H2,1-2H3,(H,15,16)/b8-7-. The van der Waals surface area contributed by atoms with Crippen LogP contribution in [0.1, 0.15) is 52.4 Å². The molecule has 0 aromatic heterocycles. The Hall–Kier alpha value is -1.39. The first kappa shape index (κ1) is 16.6. The molecule has 0 aromatic carbocycles. The molecule has 2 unspecified atom stereocenters. The highest BCUT2D eigenvalue weighted by Gasteiger charge is 2.28. The summed E-state index contributed by atoms with van der Waals surface area (Å²) in [5, 5.41) is 19.5. The number of carboxylic acid groups (broad SMARTS) is 1. The van der Waals surface area contributed by atoms with Crippen molar-refractivity contribution >= 4 is 5.97 Å². The van der Waals surface area contributed by atoms with Gasteiger partial charge in [0, 0.05) is 17.3 Å². The second kappa shape index (κ2) is 9.62. The van der Waals surface area contributed by atoms with Gasteiger partial charge in [-0.3, -0.25) is 14.9 Å². The second-order valence-electron chi connectivity index (χ2n) is 4.63. The lowest BCUT2D eigenvalue weighted by Gasteiger charge is -2.13. The number of hydrogen-bond donors (Lipinski definition) is 1. The third-order valence-corrected chi connectivity index (χ3v) is 2.94. The van der Waals surface area contributed by atoms with Crippen molar-refractivity contribution in [3.05, 3.63) is 22.3 Å². The van der Waals surface area contributed by atoms with E-state index in [2.05, 4.69) is 6.92 Å². The fraction of sp³-hybridized carbons (Fsp3) is 0.769. The fourth-order valence-electron chi connectivity index (χ4n) is 1.80. The van der Waals surface area contributed by atoms with E-state index in [1.807, 2.05) is 12.2 Å². The Kier molecular flexibility index (Phi) is 8.88. The lowest BCUT2D eigenvalue weighted by atomic mass is 9.96. The Morgan fingerprint density at radius 1 is 1.39 bits per heavy atom. The molecule has 0 aliphatic carbocycles. The predicted octanol–water partition coefficient (Wildman–Crippen LogP) is 3.27. The van der Waals surface area contributed by atoms with Gasteiger partial charge in [-0.25, -0.2) is 0 Å². The molecule has 5 nitrogen and oxygen atoms in total. The summed E-state index contributed by atoms with van der Waals surface area (Å²) in [6.07, 6.45) is 8.27. The van der Waals surface area contributed by atoms with Crippen LogP contribution in [0.25, 0.3) is 0 Å². The van der Waals surface area contributed by atoms with E-state index in [0.29, 0.717) is 6.42 Å². The molecule has 0 saturated heterocycles. The van der Waals surface area contributed by atoms with Crippen LogP contribution < -0.4 is 0 Å². The Bertz CT molecular complexity index is 289. The number of allylic oxidation sites excluding steroid dienone is 1. The van der Waals surface area contributed by atoms with Gasteiger partial charge in [0.1, 0.15) is 0 Å². The summed E-state index contributed by atoms with van der Waals surface area (Å²) >= 11 is 0. The summed E-state index contributed by atoms with van der Waals surface area (Å²) in [5.41, 5.74) is 0. The summed E-state index contributed by atoms with van der Waals surface area (Å²) in [6, 6.07) is -0.802. The molecular weight excluding hydrogens is 234 g/mol. The van der Waals surface area contributed by atoms with Gasteiger partial charge in [0.05, 0.1) is 6.42 Å². The average Bonchev–Trinajstić information content (AvgIpc) is 2.26. The molecular formula is C13H23NO4. The Labute approximate surface area is 108 Å². The predicted molar refractivity (Wildman–Crippen MR) is 70.1 cm³/mol. The number of carbonyl (C=O) groups is 1. The fourth-order valence-corrected chi connectivity index (χ4v) is 1.80. The third-order valence-electron chi connectivity index (χ3n) is 2.94. The van der Waals surface area contributed by atoms with Crippen molar-refractivity contribution in [1.82, 2.24) is 0 Å². The van der Waals surface area contributed by atoms with Crippen LogP contribution in [-0.4, -0.2) is 22.0 Å². The van der Waals surface area contributed by atoms with E-state index >= 15 is 0 Å². The van der Waals surface area contributed by atoms with E-state index in [0.717, 1.165) is 19.3 Å². The minimum atomic E-state index is -0.985. The summed E-state index contributed by atoms with van der Waals surface area (Å²) in [5.74, 6) is -1.43. The summed E-state index contributed by atoms with van der Waals surface area (Å²) in [7, 11) is 0. The first-order valence-electron chi connectivity index (χ1n) is 6.49. The lowest BCUT2D eigenvalue weighted by molar-refractivity contribution is -0.530. The van der Waals surface area contributed by atoms with Gasteiger partial charge < -0.3 is 5.11 Å². The Morgan fingerprint density at radius 3 is 2.56 bits per heavy atom. The van der Waals surface area contributed by atoms with E-state index in [4.69, 9.17) is 5.11 Å². The number of hydrogen-bond acceptors (Lipinski definition) is 3. The van der Waals surface area contributed by atoms with Gasteiger partial charge in [-0.15, -0.1) is 0 Å². The Morgan fingerprint density at radius 2 is 2.06 bits per heavy atom. The van der Waals surface area contributed by atoms with Crippen LogP contribution in [0.3, 0.4) is 0 Å². The van der Waals surface area contributed by atoms with Crippen LogP contribution in [-0.2, 0) is 4.79 Å². The van der Waals surface area contributed by atoms with Crippen LogP contribution in [0, 0.1) is 16.0 Å². The molecule has 5 heteroatoms. The molecule has 0 aliphatic heterocycles. The molecule has 0 aliphatic rings. The van der Waals surface area contributed by atoms with Crippen molar-refractivity contribution in [2.45, 2.75) is 58.4 Å². The van der Waals surface area contributed by atoms with Crippen molar-refractivity contribution in [2.24, 2.45) is 5.92 Å². The number of nitro groups is 1. The second-order valence-corrected chi connectivity index (χ2v) is 4.63. The van der Waals surface area contributed by atoms with Gasteiger partial charge in [-0.05, 0) is 12.8 Å². The largest absolute Gasteiger partial charge is 0.481 e. The van der Waals surface area contributed by atoms with Gasteiger partial charge in [-0.1, -0.05) is 38.8 Å². The molecule has 0 fully saturated rings. The number of carboxylic acids is 1. The molecule has 0 saturated carbocycles. The maximum Gasteiger partial charge on any atom is 0.303 e. The highest BCUT2D eigenvalue weighted by molar-refractivity contribution is 5.67. The van der Waals surface area contributed by atoms with Crippen LogP contribution in [0.15, 0.2) is 12.2 Å². The first-order valence-corrected chi connectivity index (χ1v) is 6.49. The number of nitrogens with zero attached hydrogens (tertiary/aromatic N) is 1. The molecule has 0 heterocycles. The number of aliphatic carboxylic acids is 1. The topological polar surface area (TPSA) is 80.4 Å². The molecule has 0 bridgehead atoms. The summed E-state index contributed by atoms with van der Waals surface area (Å²) in [6.45, 7) is 3.74. The smallest absolute Gasteiger partial charge is 0.303 e. The van der Waals surface area contributed by atoms with Crippen molar-refractivity contribution in [3.63, 3.8) is 0 Å². The number of unbranched alkanes of at least 4 members (excludes halogenated alkanes) is 3. The van der Waals surface area contributed by atoms with Crippen molar-refractivity contribution in [1.29, 1.82) is 0 Å². The third kappa shape index (κ3) is 7.81.